The smallest absolute Gasteiger partial charge is 0.273 e. The summed E-state index contributed by atoms with van der Waals surface area (Å²) in [5.41, 5.74) is 1.48. The Morgan fingerprint density at radius 2 is 1.62 bits per heavy atom. The van der Waals surface area contributed by atoms with Crippen LogP contribution in [0.3, 0.4) is 0 Å². The minimum Gasteiger partial charge on any atom is -0.354 e. The number of nitro benzene ring substituents is 1. The third kappa shape index (κ3) is 7.78. The molecule has 9 heteroatoms. The van der Waals surface area contributed by atoms with Crippen LogP contribution < -0.4 is 5.32 Å². The average Bonchev–Trinajstić information content (AvgIpc) is 2.88. The van der Waals surface area contributed by atoms with Crippen LogP contribution in [0.1, 0.15) is 36.5 Å². The van der Waals surface area contributed by atoms with Gasteiger partial charge in [-0.2, -0.15) is 0 Å². The SMILES string of the molecule is CCCCNC(=O)[C@@H](Cc1ccccc1)N(Cc1c(Cl)cccc1Cl)C(=O)Cc1ccccc1[N+](=O)[O-]. The lowest BCUT2D eigenvalue weighted by molar-refractivity contribution is -0.385. The predicted octanol–water partition coefficient (Wildman–Crippen LogP) is 6.00. The lowest BCUT2D eigenvalue weighted by atomic mass is 10.0. The van der Waals surface area contributed by atoms with Gasteiger partial charge in [-0.15, -0.1) is 0 Å². The van der Waals surface area contributed by atoms with Gasteiger partial charge in [0.1, 0.15) is 6.04 Å². The maximum atomic E-state index is 13.8. The first-order valence-electron chi connectivity index (χ1n) is 12.1. The van der Waals surface area contributed by atoms with Gasteiger partial charge in [-0.1, -0.05) is 91.1 Å². The number of nitro groups is 1. The second kappa shape index (κ2) is 13.8. The number of benzene rings is 3. The summed E-state index contributed by atoms with van der Waals surface area (Å²) in [6.45, 7) is 2.46. The molecule has 7 nitrogen and oxygen atoms in total. The molecule has 0 bridgehead atoms. The molecular formula is C28H29Cl2N3O4. The average molecular weight is 542 g/mol. The van der Waals surface area contributed by atoms with Crippen LogP contribution in [0.2, 0.25) is 10.0 Å². The molecule has 3 aromatic rings. The first-order valence-corrected chi connectivity index (χ1v) is 12.8. The van der Waals surface area contributed by atoms with Crippen molar-refractivity contribution in [1.82, 2.24) is 10.2 Å². The first-order chi connectivity index (χ1) is 17.8. The van der Waals surface area contributed by atoms with Crippen molar-refractivity contribution in [1.29, 1.82) is 0 Å². The Hall–Kier alpha value is -3.42. The number of amides is 2. The van der Waals surface area contributed by atoms with Gasteiger partial charge in [0.25, 0.3) is 5.69 Å². The Morgan fingerprint density at radius 3 is 2.27 bits per heavy atom. The maximum absolute atomic E-state index is 13.8. The lowest BCUT2D eigenvalue weighted by Crippen LogP contribution is -2.51. The minimum atomic E-state index is -0.887. The molecule has 0 spiro atoms. The fourth-order valence-corrected chi connectivity index (χ4v) is 4.53. The van der Waals surface area contributed by atoms with E-state index in [1.54, 1.807) is 36.4 Å². The van der Waals surface area contributed by atoms with Gasteiger partial charge in [-0.3, -0.25) is 19.7 Å². The van der Waals surface area contributed by atoms with Crippen molar-refractivity contribution >= 4 is 40.7 Å². The van der Waals surface area contributed by atoms with E-state index < -0.39 is 16.9 Å². The molecule has 3 rings (SSSR count). The molecule has 3 aromatic carbocycles. The van der Waals surface area contributed by atoms with Crippen LogP contribution >= 0.6 is 23.2 Å². The summed E-state index contributed by atoms with van der Waals surface area (Å²) in [4.78, 5) is 39.8. The highest BCUT2D eigenvalue weighted by atomic mass is 35.5. The zero-order valence-electron chi connectivity index (χ0n) is 20.5. The molecule has 37 heavy (non-hydrogen) atoms. The Labute approximate surface area is 226 Å². The number of unbranched alkanes of at least 4 members (excludes halogenated alkanes) is 1. The molecule has 0 unspecified atom stereocenters. The molecule has 1 N–H and O–H groups in total. The van der Waals surface area contributed by atoms with Crippen molar-refractivity contribution in [2.75, 3.05) is 6.54 Å². The predicted molar refractivity (Wildman–Crippen MR) is 146 cm³/mol. The van der Waals surface area contributed by atoms with Crippen molar-refractivity contribution in [3.05, 3.63) is 110 Å². The fraction of sp³-hybridized carbons (Fsp3) is 0.286. The summed E-state index contributed by atoms with van der Waals surface area (Å²) < 4.78 is 0. The number of nitrogens with one attached hydrogen (secondary N) is 1. The third-order valence-electron chi connectivity index (χ3n) is 6.02. The number of halogens is 2. The number of para-hydroxylation sites is 1. The molecule has 1 atom stereocenters. The number of hydrogen-bond donors (Lipinski definition) is 1. The molecule has 0 saturated carbocycles. The van der Waals surface area contributed by atoms with Gasteiger partial charge in [0.2, 0.25) is 11.8 Å². The van der Waals surface area contributed by atoms with Crippen LogP contribution in [0.25, 0.3) is 0 Å². The van der Waals surface area contributed by atoms with Crippen LogP contribution in [0.15, 0.2) is 72.8 Å². The van der Waals surface area contributed by atoms with Crippen LogP contribution in [-0.4, -0.2) is 34.2 Å². The van der Waals surface area contributed by atoms with Crippen LogP contribution in [0.5, 0.6) is 0 Å². The highest BCUT2D eigenvalue weighted by Crippen LogP contribution is 2.28. The van der Waals surface area contributed by atoms with Gasteiger partial charge < -0.3 is 10.2 Å². The molecule has 194 valence electrons. The maximum Gasteiger partial charge on any atom is 0.273 e. The summed E-state index contributed by atoms with van der Waals surface area (Å²) in [7, 11) is 0. The van der Waals surface area contributed by atoms with Crippen LogP contribution in [0.4, 0.5) is 5.69 Å². The molecule has 0 aromatic heterocycles. The largest absolute Gasteiger partial charge is 0.354 e. The molecule has 0 fully saturated rings. The van der Waals surface area contributed by atoms with Gasteiger partial charge in [0.05, 0.1) is 11.3 Å². The van der Waals surface area contributed by atoms with Gasteiger partial charge >= 0.3 is 0 Å². The molecule has 0 heterocycles. The quantitative estimate of drug-likeness (QED) is 0.173. The minimum absolute atomic E-state index is 0.0311. The van der Waals surface area contributed by atoms with Gasteiger partial charge in [-0.05, 0) is 24.1 Å². The summed E-state index contributed by atoms with van der Waals surface area (Å²) in [5, 5.41) is 15.2. The van der Waals surface area contributed by atoms with Crippen LogP contribution in [-0.2, 0) is 29.0 Å². The first kappa shape index (κ1) is 28.2. The second-order valence-corrected chi connectivity index (χ2v) is 9.45. The zero-order chi connectivity index (χ0) is 26.8. The summed E-state index contributed by atoms with van der Waals surface area (Å²) in [5.74, 6) is -0.756. The standard InChI is InChI=1S/C28H29Cl2N3O4/c1-2-3-16-31-28(35)26(17-20-10-5-4-6-11-20)32(19-22-23(29)13-9-14-24(22)30)27(34)18-21-12-7-8-15-25(21)33(36)37/h4-15,26H,2-3,16-19H2,1H3,(H,31,35)/t26-/m1/s1. The highest BCUT2D eigenvalue weighted by Gasteiger charge is 2.32. The van der Waals surface area contributed by atoms with Crippen molar-refractivity contribution in [3.63, 3.8) is 0 Å². The number of carbonyl (C=O) groups is 2. The zero-order valence-corrected chi connectivity index (χ0v) is 22.0. The van der Waals surface area contributed by atoms with E-state index in [4.69, 9.17) is 23.2 Å². The number of rotatable bonds is 12. The van der Waals surface area contributed by atoms with E-state index in [0.29, 0.717) is 22.2 Å². The molecule has 2 amide bonds. The normalized spacial score (nSPS) is 11.5. The van der Waals surface area contributed by atoms with E-state index >= 15 is 0 Å². The third-order valence-corrected chi connectivity index (χ3v) is 6.73. The van der Waals surface area contributed by atoms with E-state index in [9.17, 15) is 19.7 Å². The van der Waals surface area contributed by atoms with E-state index in [-0.39, 0.29) is 36.5 Å². The van der Waals surface area contributed by atoms with Crippen LogP contribution in [0, 0.1) is 10.1 Å². The Balaban J connectivity index is 2.03. The fourth-order valence-electron chi connectivity index (χ4n) is 4.02. The van der Waals surface area contributed by atoms with Crippen molar-refractivity contribution in [3.8, 4) is 0 Å². The van der Waals surface area contributed by atoms with Gasteiger partial charge in [-0.25, -0.2) is 0 Å². The van der Waals surface area contributed by atoms with E-state index in [1.807, 2.05) is 37.3 Å². The molecule has 0 radical (unpaired) electrons. The highest BCUT2D eigenvalue weighted by molar-refractivity contribution is 6.36. The second-order valence-electron chi connectivity index (χ2n) is 8.63. The monoisotopic (exact) mass is 541 g/mol. The number of carbonyl (C=O) groups excluding carboxylic acids is 2. The Kier molecular flexibility index (Phi) is 10.5. The molecule has 0 aliphatic carbocycles. The lowest BCUT2D eigenvalue weighted by Gasteiger charge is -2.32. The summed E-state index contributed by atoms with van der Waals surface area (Å²) >= 11 is 12.9. The Bertz CT molecular complexity index is 1220. The van der Waals surface area contributed by atoms with Crippen molar-refractivity contribution in [2.45, 2.75) is 45.2 Å². The molecular weight excluding hydrogens is 513 g/mol. The summed E-state index contributed by atoms with van der Waals surface area (Å²) in [6.07, 6.45) is 1.69. The summed E-state index contributed by atoms with van der Waals surface area (Å²) in [6, 6.07) is 19.6. The molecule has 0 aliphatic heterocycles. The van der Waals surface area contributed by atoms with Gasteiger partial charge in [0, 0.05) is 46.7 Å². The van der Waals surface area contributed by atoms with E-state index in [1.165, 1.54) is 11.0 Å². The van der Waals surface area contributed by atoms with E-state index in [2.05, 4.69) is 5.32 Å². The number of hydrogen-bond acceptors (Lipinski definition) is 4. The van der Waals surface area contributed by atoms with E-state index in [0.717, 1.165) is 18.4 Å². The van der Waals surface area contributed by atoms with Crippen molar-refractivity contribution in [2.24, 2.45) is 0 Å². The Morgan fingerprint density at radius 1 is 0.973 bits per heavy atom. The number of nitrogens with zero attached hydrogens (tertiary/aromatic N) is 2. The van der Waals surface area contributed by atoms with Gasteiger partial charge in [0.15, 0.2) is 0 Å². The molecule has 0 saturated heterocycles. The molecule has 0 aliphatic rings. The van der Waals surface area contributed by atoms with Crippen molar-refractivity contribution < 1.29 is 14.5 Å². The topological polar surface area (TPSA) is 92.6 Å².